The molecule has 0 atom stereocenters. The van der Waals surface area contributed by atoms with E-state index in [9.17, 15) is 9.59 Å². The van der Waals surface area contributed by atoms with Crippen molar-refractivity contribution in [1.29, 1.82) is 0 Å². The summed E-state index contributed by atoms with van der Waals surface area (Å²) in [6, 6.07) is 8.91. The molecule has 1 aromatic carbocycles. The summed E-state index contributed by atoms with van der Waals surface area (Å²) >= 11 is 0. The van der Waals surface area contributed by atoms with Gasteiger partial charge in [-0.2, -0.15) is 5.10 Å². The predicted octanol–water partition coefficient (Wildman–Crippen LogP) is 3.46. The van der Waals surface area contributed by atoms with Crippen LogP contribution in [-0.4, -0.2) is 46.7 Å². The average Bonchev–Trinajstić information content (AvgIpc) is 3.01. The molecule has 0 fully saturated rings. The molecule has 0 radical (unpaired) electrons. The number of benzene rings is 1. The molecule has 7 nitrogen and oxygen atoms in total. The summed E-state index contributed by atoms with van der Waals surface area (Å²) < 4.78 is 6.96. The molecular weight excluding hydrogens is 368 g/mol. The highest BCUT2D eigenvalue weighted by atomic mass is 16.5. The Bertz CT molecular complexity index is 865. The molecule has 158 valence electrons. The summed E-state index contributed by atoms with van der Waals surface area (Å²) in [4.78, 5) is 27.4. The van der Waals surface area contributed by atoms with Crippen molar-refractivity contribution in [3.8, 4) is 5.75 Å². The summed E-state index contributed by atoms with van der Waals surface area (Å²) in [5, 5.41) is 7.35. The Kier molecular flexibility index (Phi) is 7.06. The molecule has 2 rings (SSSR count). The van der Waals surface area contributed by atoms with Crippen LogP contribution in [0.2, 0.25) is 0 Å². The molecule has 0 unspecified atom stereocenters. The van der Waals surface area contributed by atoms with Crippen LogP contribution in [0.25, 0.3) is 0 Å². The fourth-order valence-corrected chi connectivity index (χ4v) is 2.96. The van der Waals surface area contributed by atoms with Crippen LogP contribution in [0.5, 0.6) is 5.75 Å². The Morgan fingerprint density at radius 1 is 1.24 bits per heavy atom. The van der Waals surface area contributed by atoms with Gasteiger partial charge in [0.2, 0.25) is 5.91 Å². The van der Waals surface area contributed by atoms with Gasteiger partial charge in [0.1, 0.15) is 18.1 Å². The van der Waals surface area contributed by atoms with E-state index in [0.717, 1.165) is 5.69 Å². The number of hydrogen-bond acceptors (Lipinski definition) is 4. The van der Waals surface area contributed by atoms with Gasteiger partial charge in [0.15, 0.2) is 0 Å². The molecule has 0 bridgehead atoms. The van der Waals surface area contributed by atoms with E-state index in [1.807, 2.05) is 26.0 Å². The molecule has 0 spiro atoms. The Morgan fingerprint density at radius 2 is 1.90 bits per heavy atom. The van der Waals surface area contributed by atoms with Gasteiger partial charge in [0.05, 0.1) is 18.4 Å². The van der Waals surface area contributed by atoms with E-state index in [1.165, 1.54) is 7.11 Å². The Balaban J connectivity index is 2.19. The summed E-state index contributed by atoms with van der Waals surface area (Å²) in [6.07, 6.45) is 0. The van der Waals surface area contributed by atoms with E-state index in [1.54, 1.807) is 34.8 Å². The van der Waals surface area contributed by atoms with Gasteiger partial charge in [0.25, 0.3) is 5.91 Å². The van der Waals surface area contributed by atoms with E-state index in [4.69, 9.17) is 4.74 Å². The molecule has 0 aliphatic heterocycles. The topological polar surface area (TPSA) is 76.5 Å². The molecular formula is C22H32N4O3. The molecule has 1 aromatic heterocycles. The second-order valence-electron chi connectivity index (χ2n) is 8.62. The fourth-order valence-electron chi connectivity index (χ4n) is 2.96. The fraction of sp³-hybridized carbons (Fsp3) is 0.500. The van der Waals surface area contributed by atoms with Gasteiger partial charge >= 0.3 is 0 Å². The number of carbonyl (C=O) groups is 2. The largest absolute Gasteiger partial charge is 0.496 e. The van der Waals surface area contributed by atoms with Gasteiger partial charge in [-0.15, -0.1) is 0 Å². The monoisotopic (exact) mass is 400 g/mol. The first-order chi connectivity index (χ1) is 13.5. The van der Waals surface area contributed by atoms with Crippen molar-refractivity contribution in [3.63, 3.8) is 0 Å². The second kappa shape index (κ2) is 9.11. The SMILES string of the molecule is COc1ccccc1C(=O)N(CC(=O)Nc1cc(C(C)(C)C)nn1C)CC(C)C. The predicted molar refractivity (Wildman–Crippen MR) is 114 cm³/mol. The average molecular weight is 401 g/mol. The number of nitrogens with zero attached hydrogens (tertiary/aromatic N) is 3. The first-order valence-corrected chi connectivity index (χ1v) is 9.79. The lowest BCUT2D eigenvalue weighted by atomic mass is 9.92. The van der Waals surface area contributed by atoms with Crippen LogP contribution in [0.15, 0.2) is 30.3 Å². The van der Waals surface area contributed by atoms with E-state index in [0.29, 0.717) is 23.7 Å². The first-order valence-electron chi connectivity index (χ1n) is 9.79. The Morgan fingerprint density at radius 3 is 2.45 bits per heavy atom. The van der Waals surface area contributed by atoms with Crippen LogP contribution in [-0.2, 0) is 17.3 Å². The maximum atomic E-state index is 13.1. The summed E-state index contributed by atoms with van der Waals surface area (Å²) in [5.41, 5.74) is 1.21. The molecule has 1 heterocycles. The van der Waals surface area contributed by atoms with Gasteiger partial charge in [-0.3, -0.25) is 14.3 Å². The number of nitrogens with one attached hydrogen (secondary N) is 1. The Hall–Kier alpha value is -2.83. The lowest BCUT2D eigenvalue weighted by Crippen LogP contribution is -2.40. The zero-order valence-electron chi connectivity index (χ0n) is 18.4. The molecule has 1 N–H and O–H groups in total. The van der Waals surface area contributed by atoms with Crippen LogP contribution in [0, 0.1) is 5.92 Å². The van der Waals surface area contributed by atoms with Gasteiger partial charge < -0.3 is 15.0 Å². The maximum absolute atomic E-state index is 13.1. The molecule has 2 aromatic rings. The smallest absolute Gasteiger partial charge is 0.258 e. The zero-order valence-corrected chi connectivity index (χ0v) is 18.4. The van der Waals surface area contributed by atoms with Crippen LogP contribution < -0.4 is 10.1 Å². The highest BCUT2D eigenvalue weighted by Crippen LogP contribution is 2.24. The molecule has 7 heteroatoms. The number of amides is 2. The highest BCUT2D eigenvalue weighted by Gasteiger charge is 2.24. The zero-order chi connectivity index (χ0) is 21.8. The molecule has 0 aliphatic rings. The standard InChI is InChI=1S/C22H32N4O3/c1-15(2)13-26(21(28)16-10-8-9-11-17(16)29-7)14-20(27)23-19-12-18(22(3,4)5)24-25(19)6/h8-12,15H,13-14H2,1-7H3,(H,23,27). The van der Waals surface area contributed by atoms with E-state index < -0.39 is 0 Å². The lowest BCUT2D eigenvalue weighted by molar-refractivity contribution is -0.117. The van der Waals surface area contributed by atoms with Crippen LogP contribution in [0.1, 0.15) is 50.7 Å². The minimum Gasteiger partial charge on any atom is -0.496 e. The Labute approximate surface area is 173 Å². The van der Waals surface area contributed by atoms with Crippen molar-refractivity contribution < 1.29 is 14.3 Å². The summed E-state index contributed by atoms with van der Waals surface area (Å²) in [5.74, 6) is 0.817. The van der Waals surface area contributed by atoms with Crippen LogP contribution >= 0.6 is 0 Å². The van der Waals surface area contributed by atoms with Crippen molar-refractivity contribution >= 4 is 17.6 Å². The van der Waals surface area contributed by atoms with Gasteiger partial charge in [-0.05, 0) is 18.1 Å². The van der Waals surface area contributed by atoms with Crippen molar-refractivity contribution in [1.82, 2.24) is 14.7 Å². The minimum absolute atomic E-state index is 0.0505. The van der Waals surface area contributed by atoms with Crippen molar-refractivity contribution in [2.45, 2.75) is 40.0 Å². The minimum atomic E-state index is -0.266. The lowest BCUT2D eigenvalue weighted by Gasteiger charge is -2.25. The quantitative estimate of drug-likeness (QED) is 0.772. The number of aryl methyl sites for hydroxylation is 1. The van der Waals surface area contributed by atoms with E-state index in [-0.39, 0.29) is 29.7 Å². The summed E-state index contributed by atoms with van der Waals surface area (Å²) in [6.45, 7) is 10.6. The third-order valence-electron chi connectivity index (χ3n) is 4.46. The van der Waals surface area contributed by atoms with Crippen molar-refractivity contribution in [2.24, 2.45) is 13.0 Å². The number of anilines is 1. The number of methoxy groups -OCH3 is 1. The van der Waals surface area contributed by atoms with Crippen LogP contribution in [0.3, 0.4) is 0 Å². The molecule has 29 heavy (non-hydrogen) atoms. The van der Waals surface area contributed by atoms with Gasteiger partial charge in [0, 0.05) is 25.1 Å². The number of ether oxygens (including phenoxy) is 1. The first kappa shape index (κ1) is 22.5. The summed E-state index contributed by atoms with van der Waals surface area (Å²) in [7, 11) is 3.32. The van der Waals surface area contributed by atoms with Crippen LogP contribution in [0.4, 0.5) is 5.82 Å². The van der Waals surface area contributed by atoms with Gasteiger partial charge in [-0.25, -0.2) is 0 Å². The van der Waals surface area contributed by atoms with Crippen molar-refractivity contribution in [3.05, 3.63) is 41.6 Å². The third-order valence-corrected chi connectivity index (χ3v) is 4.46. The molecule has 0 aliphatic carbocycles. The number of para-hydroxylation sites is 1. The third kappa shape index (κ3) is 5.82. The number of rotatable bonds is 7. The normalized spacial score (nSPS) is 11.4. The molecule has 2 amide bonds. The van der Waals surface area contributed by atoms with Gasteiger partial charge in [-0.1, -0.05) is 46.8 Å². The number of hydrogen-bond donors (Lipinski definition) is 1. The number of carbonyl (C=O) groups excluding carboxylic acids is 2. The molecule has 0 saturated carbocycles. The highest BCUT2D eigenvalue weighted by molar-refractivity contribution is 6.00. The van der Waals surface area contributed by atoms with Crippen molar-refractivity contribution in [2.75, 3.05) is 25.5 Å². The van der Waals surface area contributed by atoms with E-state index >= 15 is 0 Å². The number of aromatic nitrogens is 2. The van der Waals surface area contributed by atoms with E-state index in [2.05, 4.69) is 31.2 Å². The second-order valence-corrected chi connectivity index (χ2v) is 8.62. The molecule has 0 saturated heterocycles. The maximum Gasteiger partial charge on any atom is 0.258 e.